The maximum Gasteiger partial charge on any atom is 0.264 e. The lowest BCUT2D eigenvalue weighted by Gasteiger charge is -2.45. The minimum absolute atomic E-state index is 0.0670. The molecule has 3 aromatic rings. The minimum Gasteiger partial charge on any atom is -0.475 e. The van der Waals surface area contributed by atoms with Crippen LogP contribution in [-0.4, -0.2) is 53.7 Å². The maximum atomic E-state index is 14.4. The second kappa shape index (κ2) is 11.6. The van der Waals surface area contributed by atoms with Gasteiger partial charge >= 0.3 is 0 Å². The van der Waals surface area contributed by atoms with Gasteiger partial charge in [0.1, 0.15) is 12.4 Å². The van der Waals surface area contributed by atoms with E-state index in [1.807, 2.05) is 43.9 Å². The van der Waals surface area contributed by atoms with Crippen molar-refractivity contribution in [2.24, 2.45) is 10.8 Å². The van der Waals surface area contributed by atoms with Crippen LogP contribution in [0.3, 0.4) is 0 Å². The summed E-state index contributed by atoms with van der Waals surface area (Å²) in [5.74, 6) is 0.0400. The average molecular weight is 619 g/mol. The quantitative estimate of drug-likeness (QED) is 0.354. The number of Topliss-reactive ketones (excluding diaryl/α,β-unsaturated/α-hetero) is 1. The summed E-state index contributed by atoms with van der Waals surface area (Å²) in [5.41, 5.74) is 3.26. The lowest BCUT2D eigenvalue weighted by molar-refractivity contribution is -0.132. The lowest BCUT2D eigenvalue weighted by atomic mass is 9.66. The number of rotatable bonds is 5. The van der Waals surface area contributed by atoms with Crippen LogP contribution in [0.4, 0.5) is 5.95 Å². The Hall–Kier alpha value is -3.79. The number of anilines is 1. The van der Waals surface area contributed by atoms with E-state index < -0.39 is 10.0 Å². The summed E-state index contributed by atoms with van der Waals surface area (Å²) in [6, 6.07) is 13.1. The Kier molecular flexibility index (Phi) is 8.35. The fourth-order valence-corrected chi connectivity index (χ4v) is 7.71. The molecule has 1 fully saturated rings. The Morgan fingerprint density at radius 1 is 1.05 bits per heavy atom. The Morgan fingerprint density at radius 2 is 1.70 bits per heavy atom. The molecule has 0 unspecified atom stereocenters. The Bertz CT molecular complexity index is 1680. The highest BCUT2D eigenvalue weighted by Crippen LogP contribution is 2.43. The normalized spacial score (nSPS) is 20.2. The lowest BCUT2D eigenvalue weighted by Crippen LogP contribution is -2.52. The van der Waals surface area contributed by atoms with Crippen molar-refractivity contribution >= 4 is 27.7 Å². The molecule has 10 heteroatoms. The fraction of sp³-hybridized carbons (Fsp3) is 0.471. The zero-order valence-corrected chi connectivity index (χ0v) is 27.4. The number of fused-ring (bicyclic) bond motifs is 4. The molecule has 9 nitrogen and oxygen atoms in total. The van der Waals surface area contributed by atoms with Crippen molar-refractivity contribution in [3.63, 3.8) is 0 Å². The number of ketones is 1. The molecule has 4 bridgehead atoms. The van der Waals surface area contributed by atoms with Gasteiger partial charge in [-0.3, -0.25) is 9.59 Å². The van der Waals surface area contributed by atoms with E-state index in [9.17, 15) is 18.0 Å². The first-order valence-electron chi connectivity index (χ1n) is 15.1. The van der Waals surface area contributed by atoms with Crippen molar-refractivity contribution in [2.75, 3.05) is 11.3 Å². The number of carbonyl (C=O) groups is 2. The predicted octanol–water partition coefficient (Wildman–Crippen LogP) is 6.35. The molecule has 1 N–H and O–H groups in total. The minimum atomic E-state index is -4.15. The number of benzene rings is 2. The molecule has 2 aromatic carbocycles. The molecule has 1 saturated carbocycles. The molecule has 1 aliphatic heterocycles. The third-order valence-corrected chi connectivity index (χ3v) is 9.79. The summed E-state index contributed by atoms with van der Waals surface area (Å²) in [5, 5.41) is 0. The number of carbonyl (C=O) groups excluding carboxylic acids is 2. The highest BCUT2D eigenvalue weighted by atomic mass is 32.2. The van der Waals surface area contributed by atoms with E-state index in [2.05, 4.69) is 42.4 Å². The molecule has 0 saturated heterocycles. The highest BCUT2D eigenvalue weighted by molar-refractivity contribution is 7.92. The van der Waals surface area contributed by atoms with Crippen LogP contribution in [0.2, 0.25) is 0 Å². The highest BCUT2D eigenvalue weighted by Gasteiger charge is 2.43. The van der Waals surface area contributed by atoms with E-state index in [-0.39, 0.29) is 63.5 Å². The summed E-state index contributed by atoms with van der Waals surface area (Å²) in [4.78, 5) is 37.1. The number of amides is 1. The van der Waals surface area contributed by atoms with E-state index in [1.165, 1.54) is 12.1 Å². The molecule has 0 spiro atoms. The molecular weight excluding hydrogens is 576 g/mol. The van der Waals surface area contributed by atoms with Crippen molar-refractivity contribution in [2.45, 2.75) is 91.1 Å². The van der Waals surface area contributed by atoms with E-state index >= 15 is 0 Å². The van der Waals surface area contributed by atoms with Crippen LogP contribution in [0.25, 0.3) is 11.3 Å². The first-order chi connectivity index (χ1) is 20.5. The van der Waals surface area contributed by atoms with Gasteiger partial charge in [-0.25, -0.2) is 18.1 Å². The van der Waals surface area contributed by atoms with Crippen LogP contribution in [0.15, 0.2) is 53.4 Å². The van der Waals surface area contributed by atoms with Gasteiger partial charge in [0.15, 0.2) is 0 Å². The predicted molar refractivity (Wildman–Crippen MR) is 170 cm³/mol. The summed E-state index contributed by atoms with van der Waals surface area (Å²) in [6.07, 6.45) is 2.24. The zero-order valence-electron chi connectivity index (χ0n) is 26.6. The van der Waals surface area contributed by atoms with Gasteiger partial charge in [-0.05, 0) is 73.8 Å². The molecule has 44 heavy (non-hydrogen) atoms. The monoisotopic (exact) mass is 618 g/mol. The molecule has 2 atom stereocenters. The van der Waals surface area contributed by atoms with E-state index in [0.29, 0.717) is 31.4 Å². The molecule has 234 valence electrons. The molecule has 1 aromatic heterocycles. The number of ether oxygens (including phenoxy) is 1. The standard InChI is InChI=1S/C34H42N4O5S/c1-21-10-8-11-22(2)30(21)28-15-29-36-32(35-28)37-44(41,42)27-13-9-12-24(14-27)31(40)38(25(20-43-29)17-33(4,5)6)23(3)16-34(7)18-26(39)19-34/h8-15,23,25H,16-20H2,1-7H3,(H,35,36,37)/t23-,25+/m0/s1. The third-order valence-electron chi connectivity index (χ3n) is 8.47. The maximum absolute atomic E-state index is 14.4. The second-order valence-electron chi connectivity index (χ2n) is 14.0. The van der Waals surface area contributed by atoms with Crippen LogP contribution in [0.1, 0.15) is 81.8 Å². The summed E-state index contributed by atoms with van der Waals surface area (Å²) >= 11 is 0. The number of hydrogen-bond donors (Lipinski definition) is 1. The van der Waals surface area contributed by atoms with Gasteiger partial charge in [-0.1, -0.05) is 52.0 Å². The number of aromatic nitrogens is 2. The second-order valence-corrected chi connectivity index (χ2v) is 15.7. The Balaban J connectivity index is 1.66. The average Bonchev–Trinajstić information content (AvgIpc) is 2.89. The van der Waals surface area contributed by atoms with Crippen molar-refractivity contribution in [1.29, 1.82) is 0 Å². The van der Waals surface area contributed by atoms with E-state index in [0.717, 1.165) is 16.7 Å². The molecule has 1 aliphatic carbocycles. The van der Waals surface area contributed by atoms with E-state index in [1.54, 1.807) is 18.2 Å². The fourth-order valence-electron chi connectivity index (χ4n) is 6.72. The number of nitrogens with one attached hydrogen (secondary N) is 1. The third kappa shape index (κ3) is 6.80. The van der Waals surface area contributed by atoms with Gasteiger partial charge in [-0.15, -0.1) is 0 Å². The van der Waals surface area contributed by atoms with Crippen LogP contribution in [0, 0.1) is 24.7 Å². The van der Waals surface area contributed by atoms with Gasteiger partial charge in [0.25, 0.3) is 15.9 Å². The SMILES string of the molecule is Cc1cccc(C)c1-c1cc2nc(n1)NS(=O)(=O)c1cccc(c1)C(=O)N([C@@H](C)CC1(C)CC(=O)C1)[C@H](CC(C)(C)C)CO2. The summed E-state index contributed by atoms with van der Waals surface area (Å²) in [7, 11) is -4.15. The van der Waals surface area contributed by atoms with Gasteiger partial charge in [0.2, 0.25) is 11.8 Å². The molecular formula is C34H42N4O5S. The molecule has 0 radical (unpaired) electrons. The zero-order chi connectivity index (χ0) is 32.0. The van der Waals surface area contributed by atoms with Crippen LogP contribution >= 0.6 is 0 Å². The number of hydrogen-bond acceptors (Lipinski definition) is 7. The molecule has 5 rings (SSSR count). The van der Waals surface area contributed by atoms with Crippen molar-refractivity contribution < 1.29 is 22.7 Å². The van der Waals surface area contributed by atoms with Crippen LogP contribution in [0.5, 0.6) is 5.88 Å². The summed E-state index contributed by atoms with van der Waals surface area (Å²) < 4.78 is 36.1. The van der Waals surface area contributed by atoms with Crippen molar-refractivity contribution in [3.8, 4) is 17.1 Å². The molecule has 2 heterocycles. The van der Waals surface area contributed by atoms with Crippen LogP contribution < -0.4 is 9.46 Å². The summed E-state index contributed by atoms with van der Waals surface area (Å²) in [6.45, 7) is 14.5. The first-order valence-corrected chi connectivity index (χ1v) is 16.6. The van der Waals surface area contributed by atoms with Crippen LogP contribution in [-0.2, 0) is 14.8 Å². The van der Waals surface area contributed by atoms with Gasteiger partial charge in [0.05, 0.1) is 16.6 Å². The molecule has 2 aliphatic rings. The number of nitrogens with zero attached hydrogens (tertiary/aromatic N) is 3. The number of sulfonamides is 1. The molecule has 1 amide bonds. The van der Waals surface area contributed by atoms with E-state index in [4.69, 9.17) is 4.74 Å². The number of aryl methyl sites for hydroxylation is 2. The van der Waals surface area contributed by atoms with Gasteiger partial charge in [0, 0.05) is 36.1 Å². The Labute approximate surface area is 260 Å². The smallest absolute Gasteiger partial charge is 0.264 e. The largest absolute Gasteiger partial charge is 0.475 e. The topological polar surface area (TPSA) is 119 Å². The van der Waals surface area contributed by atoms with Gasteiger partial charge < -0.3 is 9.64 Å². The Morgan fingerprint density at radius 3 is 2.34 bits per heavy atom. The van der Waals surface area contributed by atoms with Gasteiger partial charge in [-0.2, -0.15) is 4.98 Å². The van der Waals surface area contributed by atoms with Crippen molar-refractivity contribution in [1.82, 2.24) is 14.9 Å². The first kappa shape index (κ1) is 31.6. The van der Waals surface area contributed by atoms with Crippen molar-refractivity contribution in [3.05, 3.63) is 65.2 Å².